The number of rotatable bonds is 4. The van der Waals surface area contributed by atoms with Crippen LogP contribution in [0.3, 0.4) is 0 Å². The summed E-state index contributed by atoms with van der Waals surface area (Å²) in [4.78, 5) is 0. The summed E-state index contributed by atoms with van der Waals surface area (Å²) in [7, 11) is 0. The van der Waals surface area contributed by atoms with E-state index in [0.717, 1.165) is 0 Å². The molecule has 0 aromatic carbocycles. The molecule has 11 heavy (non-hydrogen) atoms. The van der Waals surface area contributed by atoms with Gasteiger partial charge in [0.25, 0.3) is 0 Å². The maximum Gasteiger partial charge on any atom is 0.345 e. The molecule has 0 aliphatic carbocycles. The molecule has 0 rings (SSSR count). The van der Waals surface area contributed by atoms with E-state index in [9.17, 15) is 8.78 Å². The number of alkyl halides is 2. The summed E-state index contributed by atoms with van der Waals surface area (Å²) in [6.45, 7) is 5.49. The van der Waals surface area contributed by atoms with E-state index in [2.05, 4.69) is 4.74 Å². The van der Waals surface area contributed by atoms with Crippen LogP contribution in [0, 0.1) is 5.92 Å². The van der Waals surface area contributed by atoms with E-state index in [1.807, 2.05) is 27.7 Å². The Hall–Kier alpha value is -0.180. The molecule has 0 aromatic heterocycles. The summed E-state index contributed by atoms with van der Waals surface area (Å²) in [6, 6.07) is 0. The SMILES string of the molecule is CC.CC(C)CCOC(F)F. The predicted molar refractivity (Wildman–Crippen MR) is 42.8 cm³/mol. The average molecular weight is 168 g/mol. The first-order valence-corrected chi connectivity index (χ1v) is 4.02. The van der Waals surface area contributed by atoms with Crippen LogP contribution in [0.2, 0.25) is 0 Å². The summed E-state index contributed by atoms with van der Waals surface area (Å²) in [5.74, 6) is 0.434. The molecule has 0 atom stereocenters. The molecule has 0 saturated heterocycles. The Kier molecular flexibility index (Phi) is 12.0. The van der Waals surface area contributed by atoms with Crippen molar-refractivity contribution in [2.24, 2.45) is 5.92 Å². The lowest BCUT2D eigenvalue weighted by atomic mass is 10.1. The fourth-order valence-electron chi connectivity index (χ4n) is 0.393. The zero-order valence-electron chi connectivity index (χ0n) is 7.73. The van der Waals surface area contributed by atoms with Gasteiger partial charge >= 0.3 is 6.61 Å². The van der Waals surface area contributed by atoms with Crippen molar-refractivity contribution in [3.63, 3.8) is 0 Å². The minimum absolute atomic E-state index is 0.162. The molecule has 3 heteroatoms. The van der Waals surface area contributed by atoms with E-state index < -0.39 is 6.61 Å². The Balaban J connectivity index is 0. The lowest BCUT2D eigenvalue weighted by Gasteiger charge is -2.03. The maximum absolute atomic E-state index is 11.3. The van der Waals surface area contributed by atoms with Crippen LogP contribution in [0.15, 0.2) is 0 Å². The highest BCUT2D eigenvalue weighted by molar-refractivity contribution is 4.41. The number of ether oxygens (including phenoxy) is 1. The van der Waals surface area contributed by atoms with Crippen LogP contribution >= 0.6 is 0 Å². The van der Waals surface area contributed by atoms with Crippen molar-refractivity contribution >= 4 is 0 Å². The van der Waals surface area contributed by atoms with Gasteiger partial charge in [0.15, 0.2) is 0 Å². The van der Waals surface area contributed by atoms with Crippen LogP contribution in [0.25, 0.3) is 0 Å². The quantitative estimate of drug-likeness (QED) is 0.625. The van der Waals surface area contributed by atoms with E-state index in [-0.39, 0.29) is 6.61 Å². The molecular weight excluding hydrogens is 150 g/mol. The Bertz CT molecular complexity index is 57.1. The van der Waals surface area contributed by atoms with E-state index in [4.69, 9.17) is 0 Å². The molecule has 0 aliphatic rings. The summed E-state index contributed by atoms with van der Waals surface area (Å²) in [5.41, 5.74) is 0. The lowest BCUT2D eigenvalue weighted by Crippen LogP contribution is -2.03. The van der Waals surface area contributed by atoms with Crippen LogP contribution in [0.1, 0.15) is 34.1 Å². The van der Waals surface area contributed by atoms with Gasteiger partial charge in [0, 0.05) is 0 Å². The standard InChI is InChI=1S/C6H12F2O.C2H6/c1-5(2)3-4-9-6(7)8;1-2/h5-6H,3-4H2,1-2H3;1-2H3. The molecule has 0 saturated carbocycles. The highest BCUT2D eigenvalue weighted by Crippen LogP contribution is 2.02. The van der Waals surface area contributed by atoms with Crippen molar-refractivity contribution in [2.45, 2.75) is 40.7 Å². The monoisotopic (exact) mass is 168 g/mol. The highest BCUT2D eigenvalue weighted by Gasteiger charge is 2.00. The van der Waals surface area contributed by atoms with Crippen LogP contribution < -0.4 is 0 Å². The number of halogens is 2. The first-order valence-electron chi connectivity index (χ1n) is 4.02. The molecule has 0 unspecified atom stereocenters. The Morgan fingerprint density at radius 2 is 1.64 bits per heavy atom. The smallest absolute Gasteiger partial charge is 0.323 e. The van der Waals surface area contributed by atoms with Crippen molar-refractivity contribution in [1.82, 2.24) is 0 Å². The van der Waals surface area contributed by atoms with Gasteiger partial charge in [-0.3, -0.25) is 0 Å². The molecule has 0 spiro atoms. The predicted octanol–water partition coefficient (Wildman–Crippen LogP) is 3.30. The molecule has 0 bridgehead atoms. The van der Waals surface area contributed by atoms with Gasteiger partial charge in [-0.25, -0.2) is 0 Å². The number of hydrogen-bond donors (Lipinski definition) is 0. The second-order valence-electron chi connectivity index (χ2n) is 2.31. The summed E-state index contributed by atoms with van der Waals surface area (Å²) < 4.78 is 26.5. The Labute approximate surface area is 67.7 Å². The maximum atomic E-state index is 11.3. The summed E-state index contributed by atoms with van der Waals surface area (Å²) >= 11 is 0. The summed E-state index contributed by atoms with van der Waals surface area (Å²) in [6.07, 6.45) is 0.699. The third-order valence-electron chi connectivity index (χ3n) is 0.939. The fourth-order valence-corrected chi connectivity index (χ4v) is 0.393. The Morgan fingerprint density at radius 1 is 1.18 bits per heavy atom. The van der Waals surface area contributed by atoms with Gasteiger partial charge in [0.1, 0.15) is 0 Å². The topological polar surface area (TPSA) is 9.23 Å². The highest BCUT2D eigenvalue weighted by atomic mass is 19.3. The molecule has 1 nitrogen and oxygen atoms in total. The lowest BCUT2D eigenvalue weighted by molar-refractivity contribution is -0.130. The zero-order valence-corrected chi connectivity index (χ0v) is 7.73. The van der Waals surface area contributed by atoms with Gasteiger partial charge in [0.2, 0.25) is 0 Å². The normalized spacial score (nSPS) is 9.82. The van der Waals surface area contributed by atoms with Gasteiger partial charge in [-0.15, -0.1) is 0 Å². The van der Waals surface area contributed by atoms with E-state index in [1.165, 1.54) is 0 Å². The van der Waals surface area contributed by atoms with Crippen LogP contribution in [-0.4, -0.2) is 13.2 Å². The minimum Gasteiger partial charge on any atom is -0.323 e. The zero-order chi connectivity index (χ0) is 9.28. The van der Waals surface area contributed by atoms with Gasteiger partial charge < -0.3 is 4.74 Å². The first kappa shape index (κ1) is 13.4. The van der Waals surface area contributed by atoms with E-state index >= 15 is 0 Å². The van der Waals surface area contributed by atoms with E-state index in [0.29, 0.717) is 12.3 Å². The second kappa shape index (κ2) is 9.82. The van der Waals surface area contributed by atoms with Crippen molar-refractivity contribution in [3.8, 4) is 0 Å². The molecule has 0 aliphatic heterocycles. The molecule has 0 heterocycles. The molecule has 0 amide bonds. The van der Waals surface area contributed by atoms with Crippen molar-refractivity contribution in [3.05, 3.63) is 0 Å². The van der Waals surface area contributed by atoms with Crippen LogP contribution in [0.4, 0.5) is 8.78 Å². The van der Waals surface area contributed by atoms with Gasteiger partial charge in [-0.1, -0.05) is 27.7 Å². The van der Waals surface area contributed by atoms with E-state index in [1.54, 1.807) is 0 Å². The van der Waals surface area contributed by atoms with Crippen molar-refractivity contribution in [1.29, 1.82) is 0 Å². The fraction of sp³-hybridized carbons (Fsp3) is 1.00. The minimum atomic E-state index is -2.61. The Morgan fingerprint density at radius 3 is 1.91 bits per heavy atom. The molecule has 0 N–H and O–H groups in total. The van der Waals surface area contributed by atoms with Gasteiger partial charge in [-0.2, -0.15) is 8.78 Å². The van der Waals surface area contributed by atoms with Crippen LogP contribution in [0.5, 0.6) is 0 Å². The number of hydrogen-bond acceptors (Lipinski definition) is 1. The molecule has 0 radical (unpaired) electrons. The van der Waals surface area contributed by atoms with Gasteiger partial charge in [-0.05, 0) is 12.3 Å². The second-order valence-corrected chi connectivity index (χ2v) is 2.31. The average Bonchev–Trinajstić information content (AvgIpc) is 1.90. The molecular formula is C8H18F2O. The third-order valence-corrected chi connectivity index (χ3v) is 0.939. The largest absolute Gasteiger partial charge is 0.345 e. The van der Waals surface area contributed by atoms with Crippen molar-refractivity contribution in [2.75, 3.05) is 6.61 Å². The van der Waals surface area contributed by atoms with Gasteiger partial charge in [0.05, 0.1) is 6.61 Å². The first-order chi connectivity index (χ1) is 5.13. The summed E-state index contributed by atoms with van der Waals surface area (Å²) in [5, 5.41) is 0. The molecule has 0 fully saturated rings. The third kappa shape index (κ3) is 17.7. The molecule has 70 valence electrons. The van der Waals surface area contributed by atoms with Crippen LogP contribution in [-0.2, 0) is 4.74 Å². The van der Waals surface area contributed by atoms with Crippen molar-refractivity contribution < 1.29 is 13.5 Å². The molecule has 0 aromatic rings.